The van der Waals surface area contributed by atoms with Crippen molar-refractivity contribution in [1.29, 1.82) is 5.41 Å². The van der Waals surface area contributed by atoms with Crippen LogP contribution in [0.15, 0.2) is 42.5 Å². The summed E-state index contributed by atoms with van der Waals surface area (Å²) in [5.74, 6) is -1.19. The molecule has 1 atom stereocenters. The Morgan fingerprint density at radius 2 is 1.85 bits per heavy atom. The van der Waals surface area contributed by atoms with Gasteiger partial charge in [-0.1, -0.05) is 13.0 Å². The molecule has 0 aliphatic carbocycles. The SMILES string of the molecule is CCc1cc(C(Nc2ccc(C(=N)N)cc2)C(=O)O)ccc1OCC(N)=O. The minimum atomic E-state index is -1.04. The number of aryl methyl sites for hydroxylation is 1. The highest BCUT2D eigenvalue weighted by molar-refractivity contribution is 5.95. The number of ether oxygens (including phenoxy) is 1. The second kappa shape index (κ2) is 8.70. The maximum atomic E-state index is 11.8. The highest BCUT2D eigenvalue weighted by Gasteiger charge is 2.21. The van der Waals surface area contributed by atoms with Gasteiger partial charge in [0.2, 0.25) is 0 Å². The fraction of sp³-hybridized carbons (Fsp3) is 0.211. The summed E-state index contributed by atoms with van der Waals surface area (Å²) in [5.41, 5.74) is 13.0. The molecule has 0 saturated carbocycles. The number of carbonyl (C=O) groups is 2. The third-order valence-corrected chi connectivity index (χ3v) is 3.92. The van der Waals surface area contributed by atoms with E-state index in [0.29, 0.717) is 29.0 Å². The molecular weight excluding hydrogens is 348 g/mol. The molecule has 0 saturated heterocycles. The van der Waals surface area contributed by atoms with Crippen LogP contribution in [0, 0.1) is 5.41 Å². The van der Waals surface area contributed by atoms with E-state index < -0.39 is 17.9 Å². The Bertz CT molecular complexity index is 849. The van der Waals surface area contributed by atoms with E-state index in [1.165, 1.54) is 0 Å². The van der Waals surface area contributed by atoms with Gasteiger partial charge in [0.25, 0.3) is 5.91 Å². The van der Waals surface area contributed by atoms with Gasteiger partial charge in [-0.05, 0) is 53.9 Å². The standard InChI is InChI=1S/C19H22N4O4/c1-2-11-9-13(5-8-15(11)27-10-16(20)24)17(19(25)26)23-14-6-3-12(4-7-14)18(21)22/h3-9,17,23H,2,10H2,1H3,(H2,20,24)(H3,21,22)(H,25,26). The molecule has 1 amide bonds. The van der Waals surface area contributed by atoms with Crippen molar-refractivity contribution < 1.29 is 19.4 Å². The number of hydrogen-bond acceptors (Lipinski definition) is 5. The zero-order valence-electron chi connectivity index (χ0n) is 14.9. The Kier molecular flexibility index (Phi) is 6.37. The molecule has 1 unspecified atom stereocenters. The smallest absolute Gasteiger partial charge is 0.330 e. The van der Waals surface area contributed by atoms with E-state index in [1.807, 2.05) is 6.92 Å². The highest BCUT2D eigenvalue weighted by atomic mass is 16.5. The molecule has 8 heteroatoms. The van der Waals surface area contributed by atoms with Crippen LogP contribution in [0.25, 0.3) is 0 Å². The molecule has 2 aromatic rings. The van der Waals surface area contributed by atoms with Crippen LogP contribution < -0.4 is 21.5 Å². The molecule has 27 heavy (non-hydrogen) atoms. The topological polar surface area (TPSA) is 152 Å². The molecule has 2 rings (SSSR count). The molecule has 7 N–H and O–H groups in total. The third kappa shape index (κ3) is 5.21. The Hall–Kier alpha value is -3.55. The summed E-state index contributed by atoms with van der Waals surface area (Å²) in [7, 11) is 0. The fourth-order valence-corrected chi connectivity index (χ4v) is 2.55. The molecule has 0 radical (unpaired) electrons. The van der Waals surface area contributed by atoms with Crippen molar-refractivity contribution in [2.24, 2.45) is 11.5 Å². The van der Waals surface area contributed by atoms with E-state index in [0.717, 1.165) is 5.56 Å². The number of primary amides is 1. The largest absolute Gasteiger partial charge is 0.484 e. The number of hydrogen-bond donors (Lipinski definition) is 5. The van der Waals surface area contributed by atoms with Crippen molar-refractivity contribution in [1.82, 2.24) is 0 Å². The monoisotopic (exact) mass is 370 g/mol. The summed E-state index contributed by atoms with van der Waals surface area (Å²) >= 11 is 0. The minimum absolute atomic E-state index is 0.0597. The number of carbonyl (C=O) groups excluding carboxylic acids is 1. The first-order valence-corrected chi connectivity index (χ1v) is 8.29. The number of nitrogens with one attached hydrogen (secondary N) is 2. The van der Waals surface area contributed by atoms with Crippen LogP contribution in [-0.4, -0.2) is 29.4 Å². The van der Waals surface area contributed by atoms with Gasteiger partial charge in [0, 0.05) is 11.3 Å². The van der Waals surface area contributed by atoms with Gasteiger partial charge < -0.3 is 26.6 Å². The Morgan fingerprint density at radius 3 is 2.37 bits per heavy atom. The van der Waals surface area contributed by atoms with E-state index in [1.54, 1.807) is 42.5 Å². The van der Waals surface area contributed by atoms with E-state index in [-0.39, 0.29) is 12.4 Å². The van der Waals surface area contributed by atoms with Crippen molar-refractivity contribution in [3.8, 4) is 5.75 Å². The number of rotatable bonds is 9. The average Bonchev–Trinajstić information content (AvgIpc) is 2.64. The van der Waals surface area contributed by atoms with Gasteiger partial charge in [0.1, 0.15) is 11.6 Å². The van der Waals surface area contributed by atoms with Gasteiger partial charge in [0.05, 0.1) is 0 Å². The molecular formula is C19H22N4O4. The van der Waals surface area contributed by atoms with Crippen molar-refractivity contribution >= 4 is 23.4 Å². The summed E-state index contributed by atoms with van der Waals surface area (Å²) in [4.78, 5) is 22.7. The van der Waals surface area contributed by atoms with Crippen molar-refractivity contribution in [2.75, 3.05) is 11.9 Å². The van der Waals surface area contributed by atoms with E-state index in [9.17, 15) is 14.7 Å². The summed E-state index contributed by atoms with van der Waals surface area (Å²) < 4.78 is 5.36. The van der Waals surface area contributed by atoms with Gasteiger partial charge in [-0.3, -0.25) is 10.2 Å². The van der Waals surface area contributed by atoms with E-state index in [4.69, 9.17) is 21.6 Å². The van der Waals surface area contributed by atoms with Gasteiger partial charge in [0.15, 0.2) is 12.6 Å². The number of carboxylic acids is 1. The fourth-order valence-electron chi connectivity index (χ4n) is 2.55. The van der Waals surface area contributed by atoms with Gasteiger partial charge in [-0.2, -0.15) is 0 Å². The summed E-state index contributed by atoms with van der Waals surface area (Å²) in [6.07, 6.45) is 0.599. The van der Waals surface area contributed by atoms with Crippen LogP contribution in [0.5, 0.6) is 5.75 Å². The predicted molar refractivity (Wildman–Crippen MR) is 102 cm³/mol. The predicted octanol–water partition coefficient (Wildman–Crippen LogP) is 1.63. The summed E-state index contributed by atoms with van der Waals surface area (Å²) in [5, 5.41) is 20.0. The van der Waals surface area contributed by atoms with Crippen LogP contribution >= 0.6 is 0 Å². The van der Waals surface area contributed by atoms with Crippen LogP contribution in [0.4, 0.5) is 5.69 Å². The maximum Gasteiger partial charge on any atom is 0.330 e. The second-order valence-electron chi connectivity index (χ2n) is 5.88. The quantitative estimate of drug-likeness (QED) is 0.334. The first-order chi connectivity index (χ1) is 12.8. The molecule has 0 fully saturated rings. The number of nitrogen functional groups attached to an aromatic ring is 1. The lowest BCUT2D eigenvalue weighted by Crippen LogP contribution is -2.22. The molecule has 0 heterocycles. The van der Waals surface area contributed by atoms with Gasteiger partial charge in [-0.15, -0.1) is 0 Å². The van der Waals surface area contributed by atoms with Crippen LogP contribution in [0.1, 0.15) is 29.7 Å². The Balaban J connectivity index is 2.26. The summed E-state index contributed by atoms with van der Waals surface area (Å²) in [6, 6.07) is 10.6. The van der Waals surface area contributed by atoms with E-state index in [2.05, 4.69) is 5.32 Å². The van der Waals surface area contributed by atoms with E-state index >= 15 is 0 Å². The van der Waals surface area contributed by atoms with Gasteiger partial charge >= 0.3 is 5.97 Å². The molecule has 0 aliphatic rings. The highest BCUT2D eigenvalue weighted by Crippen LogP contribution is 2.27. The lowest BCUT2D eigenvalue weighted by atomic mass is 10.0. The van der Waals surface area contributed by atoms with Crippen LogP contribution in [0.3, 0.4) is 0 Å². The first-order valence-electron chi connectivity index (χ1n) is 8.29. The molecule has 142 valence electrons. The third-order valence-electron chi connectivity index (χ3n) is 3.92. The number of amides is 1. The minimum Gasteiger partial charge on any atom is -0.484 e. The molecule has 0 spiro atoms. The summed E-state index contributed by atoms with van der Waals surface area (Å²) in [6.45, 7) is 1.66. The molecule has 8 nitrogen and oxygen atoms in total. The average molecular weight is 370 g/mol. The molecule has 2 aromatic carbocycles. The Labute approximate surface area is 156 Å². The molecule has 0 bridgehead atoms. The first kappa shape index (κ1) is 19.8. The lowest BCUT2D eigenvalue weighted by Gasteiger charge is -2.18. The zero-order chi connectivity index (χ0) is 20.0. The van der Waals surface area contributed by atoms with Crippen LogP contribution in [-0.2, 0) is 16.0 Å². The number of anilines is 1. The second-order valence-corrected chi connectivity index (χ2v) is 5.88. The molecule has 0 aromatic heterocycles. The number of carboxylic acid groups (broad SMARTS) is 1. The van der Waals surface area contributed by atoms with Gasteiger partial charge in [-0.25, -0.2) is 4.79 Å². The number of nitrogens with two attached hydrogens (primary N) is 2. The molecule has 0 aliphatic heterocycles. The van der Waals surface area contributed by atoms with Crippen LogP contribution in [0.2, 0.25) is 0 Å². The normalized spacial score (nSPS) is 11.4. The van der Waals surface area contributed by atoms with Crippen molar-refractivity contribution in [3.63, 3.8) is 0 Å². The van der Waals surface area contributed by atoms with Crippen molar-refractivity contribution in [3.05, 3.63) is 59.2 Å². The maximum absolute atomic E-state index is 11.8. The zero-order valence-corrected chi connectivity index (χ0v) is 14.9. The Morgan fingerprint density at radius 1 is 1.19 bits per heavy atom. The van der Waals surface area contributed by atoms with Crippen molar-refractivity contribution in [2.45, 2.75) is 19.4 Å². The lowest BCUT2D eigenvalue weighted by molar-refractivity contribution is -0.138. The number of aliphatic carboxylic acids is 1. The number of amidine groups is 1. The number of benzene rings is 2.